The Morgan fingerprint density at radius 1 is 1.29 bits per heavy atom. The summed E-state index contributed by atoms with van der Waals surface area (Å²) in [6.45, 7) is 7.52. The zero-order chi connectivity index (χ0) is 10.3. The van der Waals surface area contributed by atoms with Crippen molar-refractivity contribution in [1.82, 2.24) is 4.57 Å². The molecule has 1 aromatic carbocycles. The number of halogens is 1. The molecule has 0 atom stereocenters. The van der Waals surface area contributed by atoms with Crippen LogP contribution in [0.25, 0.3) is 10.9 Å². The van der Waals surface area contributed by atoms with Crippen LogP contribution in [0, 0.1) is 13.8 Å². The van der Waals surface area contributed by atoms with Gasteiger partial charge < -0.3 is 4.57 Å². The maximum absolute atomic E-state index is 3.65. The SMILES string of the molecule is CCn1c(Br)c(C)c2cccc(C)c21. The third-order valence-electron chi connectivity index (χ3n) is 2.77. The topological polar surface area (TPSA) is 4.93 Å². The number of hydrogen-bond donors (Lipinski definition) is 0. The molecule has 0 saturated carbocycles. The van der Waals surface area contributed by atoms with Crippen LogP contribution in [-0.4, -0.2) is 4.57 Å². The smallest absolute Gasteiger partial charge is 0.0886 e. The Kier molecular flexibility index (Phi) is 2.40. The molecule has 0 aliphatic heterocycles. The van der Waals surface area contributed by atoms with Gasteiger partial charge in [0.25, 0.3) is 0 Å². The molecule has 2 aromatic rings. The van der Waals surface area contributed by atoms with Crippen LogP contribution in [0.3, 0.4) is 0 Å². The molecule has 74 valence electrons. The summed E-state index contributed by atoms with van der Waals surface area (Å²) in [5, 5.41) is 1.36. The zero-order valence-electron chi connectivity index (χ0n) is 8.76. The number of aryl methyl sites for hydroxylation is 3. The normalized spacial score (nSPS) is 11.1. The van der Waals surface area contributed by atoms with E-state index >= 15 is 0 Å². The quantitative estimate of drug-likeness (QED) is 0.721. The summed E-state index contributed by atoms with van der Waals surface area (Å²) in [5.41, 5.74) is 4.04. The molecule has 0 saturated heterocycles. The Morgan fingerprint density at radius 2 is 2.00 bits per heavy atom. The molecule has 1 heterocycles. The first-order valence-electron chi connectivity index (χ1n) is 4.90. The number of para-hydroxylation sites is 1. The maximum Gasteiger partial charge on any atom is 0.0886 e. The van der Waals surface area contributed by atoms with Crippen LogP contribution in [0.1, 0.15) is 18.1 Å². The minimum Gasteiger partial charge on any atom is -0.335 e. The molecule has 0 radical (unpaired) electrons. The van der Waals surface area contributed by atoms with Crippen molar-refractivity contribution in [3.05, 3.63) is 33.9 Å². The fourth-order valence-electron chi connectivity index (χ4n) is 2.03. The van der Waals surface area contributed by atoms with Gasteiger partial charge in [-0.05, 0) is 47.8 Å². The van der Waals surface area contributed by atoms with E-state index in [2.05, 4.69) is 59.5 Å². The van der Waals surface area contributed by atoms with Crippen LogP contribution in [0.4, 0.5) is 0 Å². The highest BCUT2D eigenvalue weighted by atomic mass is 79.9. The minimum absolute atomic E-state index is 1.01. The van der Waals surface area contributed by atoms with Gasteiger partial charge in [-0.15, -0.1) is 0 Å². The molecule has 0 aliphatic carbocycles. The molecule has 1 aromatic heterocycles. The van der Waals surface area contributed by atoms with E-state index in [1.165, 1.54) is 26.6 Å². The van der Waals surface area contributed by atoms with Crippen molar-refractivity contribution in [2.75, 3.05) is 0 Å². The summed E-state index contributed by atoms with van der Waals surface area (Å²) in [5.74, 6) is 0. The van der Waals surface area contributed by atoms with Gasteiger partial charge in [0, 0.05) is 11.9 Å². The molecule has 0 unspecified atom stereocenters. The third kappa shape index (κ3) is 1.21. The Hall–Kier alpha value is -0.760. The second kappa shape index (κ2) is 3.43. The van der Waals surface area contributed by atoms with E-state index < -0.39 is 0 Å². The first-order chi connectivity index (χ1) is 6.66. The van der Waals surface area contributed by atoms with Crippen molar-refractivity contribution in [3.63, 3.8) is 0 Å². The number of rotatable bonds is 1. The fourth-order valence-corrected chi connectivity index (χ4v) is 2.67. The maximum atomic E-state index is 3.65. The summed E-state index contributed by atoms with van der Waals surface area (Å²) in [7, 11) is 0. The van der Waals surface area contributed by atoms with Gasteiger partial charge >= 0.3 is 0 Å². The third-order valence-corrected chi connectivity index (χ3v) is 3.80. The van der Waals surface area contributed by atoms with Gasteiger partial charge in [0.2, 0.25) is 0 Å². The van der Waals surface area contributed by atoms with E-state index in [-0.39, 0.29) is 0 Å². The van der Waals surface area contributed by atoms with Gasteiger partial charge in [-0.2, -0.15) is 0 Å². The van der Waals surface area contributed by atoms with Gasteiger partial charge in [-0.1, -0.05) is 18.2 Å². The summed E-state index contributed by atoms with van der Waals surface area (Å²) in [6, 6.07) is 6.48. The summed E-state index contributed by atoms with van der Waals surface area (Å²) >= 11 is 3.65. The molecule has 1 nitrogen and oxygen atoms in total. The number of fused-ring (bicyclic) bond motifs is 1. The number of benzene rings is 1. The molecular formula is C12H14BrN. The zero-order valence-corrected chi connectivity index (χ0v) is 10.4. The molecule has 0 aliphatic rings. The van der Waals surface area contributed by atoms with E-state index in [0.29, 0.717) is 0 Å². The fraction of sp³-hybridized carbons (Fsp3) is 0.333. The van der Waals surface area contributed by atoms with E-state index in [0.717, 1.165) is 6.54 Å². The van der Waals surface area contributed by atoms with Crippen LogP contribution >= 0.6 is 15.9 Å². The Balaban J connectivity index is 2.96. The van der Waals surface area contributed by atoms with Crippen LogP contribution < -0.4 is 0 Å². The molecule has 0 fully saturated rings. The van der Waals surface area contributed by atoms with Crippen molar-refractivity contribution in [1.29, 1.82) is 0 Å². The molecule has 14 heavy (non-hydrogen) atoms. The summed E-state index contributed by atoms with van der Waals surface area (Å²) < 4.78 is 3.53. The van der Waals surface area contributed by atoms with Gasteiger partial charge in [0.15, 0.2) is 0 Å². The molecule has 0 amide bonds. The highest BCUT2D eigenvalue weighted by Crippen LogP contribution is 2.31. The molecule has 2 rings (SSSR count). The predicted octanol–water partition coefficient (Wildman–Crippen LogP) is 4.04. The molecule has 0 bridgehead atoms. The summed E-state index contributed by atoms with van der Waals surface area (Å²) in [4.78, 5) is 0. The average Bonchev–Trinajstić information content (AvgIpc) is 2.43. The van der Waals surface area contributed by atoms with Crippen molar-refractivity contribution in [2.45, 2.75) is 27.3 Å². The van der Waals surface area contributed by atoms with Crippen molar-refractivity contribution in [2.24, 2.45) is 0 Å². The lowest BCUT2D eigenvalue weighted by atomic mass is 10.1. The lowest BCUT2D eigenvalue weighted by Crippen LogP contribution is -1.94. The van der Waals surface area contributed by atoms with Gasteiger partial charge in [0.05, 0.1) is 10.1 Å². The second-order valence-electron chi connectivity index (χ2n) is 3.63. The van der Waals surface area contributed by atoms with Gasteiger partial charge in [0.1, 0.15) is 0 Å². The van der Waals surface area contributed by atoms with Gasteiger partial charge in [-0.3, -0.25) is 0 Å². The lowest BCUT2D eigenvalue weighted by Gasteiger charge is -2.04. The Labute approximate surface area is 92.9 Å². The summed E-state index contributed by atoms with van der Waals surface area (Å²) in [6.07, 6.45) is 0. The van der Waals surface area contributed by atoms with Crippen molar-refractivity contribution >= 4 is 26.8 Å². The van der Waals surface area contributed by atoms with Crippen LogP contribution in [0.15, 0.2) is 22.8 Å². The van der Waals surface area contributed by atoms with E-state index in [1.807, 2.05) is 0 Å². The largest absolute Gasteiger partial charge is 0.335 e. The highest BCUT2D eigenvalue weighted by molar-refractivity contribution is 9.10. The van der Waals surface area contributed by atoms with E-state index in [4.69, 9.17) is 0 Å². The van der Waals surface area contributed by atoms with E-state index in [1.54, 1.807) is 0 Å². The monoisotopic (exact) mass is 251 g/mol. The van der Waals surface area contributed by atoms with Crippen molar-refractivity contribution in [3.8, 4) is 0 Å². The first-order valence-corrected chi connectivity index (χ1v) is 5.70. The number of nitrogens with zero attached hydrogens (tertiary/aromatic N) is 1. The minimum atomic E-state index is 1.01. The lowest BCUT2D eigenvalue weighted by molar-refractivity contribution is 0.775. The number of aromatic nitrogens is 1. The Morgan fingerprint density at radius 3 is 2.64 bits per heavy atom. The second-order valence-corrected chi connectivity index (χ2v) is 4.38. The van der Waals surface area contributed by atoms with E-state index in [9.17, 15) is 0 Å². The van der Waals surface area contributed by atoms with Crippen molar-refractivity contribution < 1.29 is 0 Å². The highest BCUT2D eigenvalue weighted by Gasteiger charge is 2.11. The predicted molar refractivity (Wildman–Crippen MR) is 64.8 cm³/mol. The first kappa shape index (κ1) is 9.78. The standard InChI is InChI=1S/C12H14BrN/c1-4-14-11-8(2)6-5-7-10(11)9(3)12(14)13/h5-7H,4H2,1-3H3. The van der Waals surface area contributed by atoms with Crippen LogP contribution in [0.5, 0.6) is 0 Å². The molecular weight excluding hydrogens is 238 g/mol. The molecule has 0 spiro atoms. The average molecular weight is 252 g/mol. The van der Waals surface area contributed by atoms with Crippen LogP contribution in [0.2, 0.25) is 0 Å². The Bertz CT molecular complexity index is 483. The molecule has 0 N–H and O–H groups in total. The van der Waals surface area contributed by atoms with Crippen LogP contribution in [-0.2, 0) is 6.54 Å². The molecule has 2 heteroatoms. The number of hydrogen-bond acceptors (Lipinski definition) is 0. The van der Waals surface area contributed by atoms with Gasteiger partial charge in [-0.25, -0.2) is 0 Å².